The molecular formula is C41H59ClN4O6S. The van der Waals surface area contributed by atoms with Crippen LogP contribution in [0.2, 0.25) is 5.02 Å². The summed E-state index contributed by atoms with van der Waals surface area (Å²) in [6.07, 6.45) is 12.6. The van der Waals surface area contributed by atoms with Gasteiger partial charge in [0, 0.05) is 57.4 Å². The Bertz CT molecular complexity index is 1690. The Morgan fingerprint density at radius 3 is 2.49 bits per heavy atom. The molecule has 0 spiro atoms. The fourth-order valence-electron chi connectivity index (χ4n) is 7.71. The van der Waals surface area contributed by atoms with Crippen LogP contribution in [0.1, 0.15) is 92.6 Å². The number of nitrogens with zero attached hydrogens (tertiary/aromatic N) is 3. The molecule has 53 heavy (non-hydrogen) atoms. The molecular weight excluding hydrogens is 712 g/mol. The minimum atomic E-state index is -4.00. The van der Waals surface area contributed by atoms with Crippen molar-refractivity contribution in [2.45, 2.75) is 88.8 Å². The average Bonchev–Trinajstić information content (AvgIpc) is 3.68. The number of allylic oxidation sites excluding steroid dienone is 1. The van der Waals surface area contributed by atoms with E-state index >= 15 is 0 Å². The first-order valence-corrected chi connectivity index (χ1v) is 21.3. The van der Waals surface area contributed by atoms with Gasteiger partial charge in [0.2, 0.25) is 15.9 Å². The van der Waals surface area contributed by atoms with Crippen molar-refractivity contribution in [3.05, 3.63) is 70.3 Å². The molecule has 0 bridgehead atoms. The van der Waals surface area contributed by atoms with E-state index in [0.29, 0.717) is 36.9 Å². The quantitative estimate of drug-likeness (QED) is 0.189. The Morgan fingerprint density at radius 1 is 1.04 bits per heavy atom. The number of hydrogen-bond donors (Lipinski definition) is 1. The summed E-state index contributed by atoms with van der Waals surface area (Å²) >= 11 is 6.24. The van der Waals surface area contributed by atoms with E-state index in [0.717, 1.165) is 82.7 Å². The summed E-state index contributed by atoms with van der Waals surface area (Å²) in [4.78, 5) is 32.9. The van der Waals surface area contributed by atoms with Crippen molar-refractivity contribution in [2.75, 3.05) is 65.5 Å². The second-order valence-electron chi connectivity index (χ2n) is 15.4. The van der Waals surface area contributed by atoms with Gasteiger partial charge in [-0.15, -0.1) is 0 Å². The van der Waals surface area contributed by atoms with Crippen LogP contribution in [0.25, 0.3) is 0 Å². The van der Waals surface area contributed by atoms with E-state index in [4.69, 9.17) is 21.1 Å². The van der Waals surface area contributed by atoms with Crippen molar-refractivity contribution in [2.24, 2.45) is 11.8 Å². The van der Waals surface area contributed by atoms with Gasteiger partial charge in [-0.2, -0.15) is 0 Å². The molecule has 2 saturated heterocycles. The van der Waals surface area contributed by atoms with Gasteiger partial charge in [-0.25, -0.2) is 13.1 Å². The van der Waals surface area contributed by atoms with Gasteiger partial charge in [0.1, 0.15) is 11.8 Å². The maximum atomic E-state index is 13.6. The van der Waals surface area contributed by atoms with Crippen LogP contribution in [0, 0.1) is 11.8 Å². The van der Waals surface area contributed by atoms with Gasteiger partial charge in [-0.1, -0.05) is 36.7 Å². The molecule has 1 aliphatic carbocycles. The van der Waals surface area contributed by atoms with E-state index in [9.17, 15) is 18.0 Å². The van der Waals surface area contributed by atoms with Gasteiger partial charge in [-0.3, -0.25) is 14.5 Å². The first-order valence-electron chi connectivity index (χ1n) is 19.4. The number of halogens is 1. The van der Waals surface area contributed by atoms with E-state index in [1.165, 1.54) is 11.1 Å². The van der Waals surface area contributed by atoms with Crippen LogP contribution in [0.4, 0.5) is 5.69 Å². The standard InChI is InChI=1S/C41H59ClN4O6S/c1-29(10-8-13-37(46-21-6-7-22-46)41(48)45(5)23-18-31-19-24-51-25-20-31)30(2)53(49,50)43-40(47)33-14-17-39(38(27-33)44(3)4)52-28-34-12-9-11-32-26-35(42)15-16-36(32)34/h8,13-17,26-27,29-31,34,37H,6-7,9-12,18-25,28H2,1-5H3,(H,43,47)/b13-8+. The number of carbonyl (C=O) groups excluding carboxylic acids is 2. The summed E-state index contributed by atoms with van der Waals surface area (Å²) in [5, 5.41) is -0.102. The highest BCUT2D eigenvalue weighted by Gasteiger charge is 2.31. The molecule has 2 fully saturated rings. The maximum Gasteiger partial charge on any atom is 0.264 e. The predicted octanol–water partition coefficient (Wildman–Crippen LogP) is 6.67. The number of likely N-dealkylation sites (N-methyl/N-ethyl adjacent to an activating group) is 1. The molecule has 0 saturated carbocycles. The molecule has 292 valence electrons. The summed E-state index contributed by atoms with van der Waals surface area (Å²) < 4.78 is 41.1. The predicted molar refractivity (Wildman–Crippen MR) is 213 cm³/mol. The number of fused-ring (bicyclic) bond motifs is 1. The van der Waals surface area contributed by atoms with Crippen LogP contribution in [0.3, 0.4) is 0 Å². The molecule has 1 N–H and O–H groups in total. The van der Waals surface area contributed by atoms with Crippen molar-refractivity contribution in [3.63, 3.8) is 0 Å². The van der Waals surface area contributed by atoms with Crippen molar-refractivity contribution in [3.8, 4) is 5.75 Å². The number of ether oxygens (including phenoxy) is 2. The highest BCUT2D eigenvalue weighted by atomic mass is 35.5. The second-order valence-corrected chi connectivity index (χ2v) is 17.9. The Kier molecular flexibility index (Phi) is 14.7. The molecule has 5 rings (SSSR count). The zero-order valence-corrected chi connectivity index (χ0v) is 33.8. The van der Waals surface area contributed by atoms with Gasteiger partial charge in [0.15, 0.2) is 0 Å². The summed E-state index contributed by atoms with van der Waals surface area (Å²) in [6.45, 7) is 8.02. The molecule has 2 heterocycles. The summed E-state index contributed by atoms with van der Waals surface area (Å²) in [5.41, 5.74) is 3.44. The van der Waals surface area contributed by atoms with Crippen molar-refractivity contribution >= 4 is 39.1 Å². The third kappa shape index (κ3) is 11.0. The van der Waals surface area contributed by atoms with Crippen LogP contribution in [0.5, 0.6) is 5.75 Å². The lowest BCUT2D eigenvalue weighted by Gasteiger charge is -2.30. The summed E-state index contributed by atoms with van der Waals surface area (Å²) in [6, 6.07) is 10.7. The van der Waals surface area contributed by atoms with Crippen LogP contribution in [-0.2, 0) is 26.0 Å². The molecule has 2 amide bonds. The molecule has 2 aliphatic heterocycles. The molecule has 3 aliphatic rings. The average molecular weight is 771 g/mol. The summed E-state index contributed by atoms with van der Waals surface area (Å²) in [5.74, 6) is 0.540. The Hall–Kier alpha value is -3.12. The number of benzene rings is 2. The monoisotopic (exact) mass is 770 g/mol. The van der Waals surface area contributed by atoms with E-state index in [-0.39, 0.29) is 29.3 Å². The number of carbonyl (C=O) groups is 2. The van der Waals surface area contributed by atoms with Crippen LogP contribution >= 0.6 is 11.6 Å². The van der Waals surface area contributed by atoms with E-state index in [1.54, 1.807) is 25.1 Å². The SMILES string of the molecule is CC(C/C=C/C(C(=O)N(C)CCC1CCOCC1)N1CCCC1)C(C)S(=O)(=O)NC(=O)c1ccc(OCC2CCCc3cc(Cl)ccc32)c(N(C)C)c1. The van der Waals surface area contributed by atoms with Gasteiger partial charge in [0.25, 0.3) is 5.91 Å². The number of anilines is 1. The third-order valence-corrected chi connectivity index (χ3v) is 13.6. The fraction of sp³-hybridized carbons (Fsp3) is 0.610. The lowest BCUT2D eigenvalue weighted by Crippen LogP contribution is -2.46. The minimum Gasteiger partial charge on any atom is -0.491 e. The van der Waals surface area contributed by atoms with E-state index < -0.39 is 21.2 Å². The number of sulfonamides is 1. The van der Waals surface area contributed by atoms with Crippen molar-refractivity contribution < 1.29 is 27.5 Å². The van der Waals surface area contributed by atoms with Crippen molar-refractivity contribution in [1.29, 1.82) is 0 Å². The smallest absolute Gasteiger partial charge is 0.264 e. The molecule has 12 heteroatoms. The number of aryl methyl sites for hydroxylation is 1. The van der Waals surface area contributed by atoms with Crippen LogP contribution in [0.15, 0.2) is 48.6 Å². The van der Waals surface area contributed by atoms with Gasteiger partial charge in [-0.05, 0) is 131 Å². The largest absolute Gasteiger partial charge is 0.491 e. The first-order chi connectivity index (χ1) is 25.3. The van der Waals surface area contributed by atoms with Crippen molar-refractivity contribution in [1.82, 2.24) is 14.5 Å². The highest BCUT2D eigenvalue weighted by molar-refractivity contribution is 7.90. The number of amides is 2. The molecule has 4 atom stereocenters. The molecule has 0 aromatic heterocycles. The molecule has 0 radical (unpaired) electrons. The van der Waals surface area contributed by atoms with Gasteiger partial charge in [0.05, 0.1) is 17.5 Å². The van der Waals surface area contributed by atoms with E-state index in [1.807, 2.05) is 62.2 Å². The highest BCUT2D eigenvalue weighted by Crippen LogP contribution is 2.35. The Morgan fingerprint density at radius 2 is 1.77 bits per heavy atom. The fourth-order valence-corrected chi connectivity index (χ4v) is 9.18. The zero-order valence-electron chi connectivity index (χ0n) is 32.2. The van der Waals surface area contributed by atoms with E-state index in [2.05, 4.69) is 15.7 Å². The lowest BCUT2D eigenvalue weighted by atomic mass is 9.83. The topological polar surface area (TPSA) is 108 Å². The van der Waals surface area contributed by atoms with Crippen LogP contribution < -0.4 is 14.4 Å². The number of likely N-dealkylation sites (tertiary alicyclic amines) is 1. The Balaban J connectivity index is 1.17. The second kappa shape index (κ2) is 19.0. The lowest BCUT2D eigenvalue weighted by molar-refractivity contribution is -0.133. The number of hydrogen-bond acceptors (Lipinski definition) is 8. The normalized spacial score (nSPS) is 20.1. The molecule has 2 aromatic carbocycles. The van der Waals surface area contributed by atoms with Crippen LogP contribution in [-0.4, -0.2) is 102 Å². The van der Waals surface area contributed by atoms with Gasteiger partial charge >= 0.3 is 0 Å². The van der Waals surface area contributed by atoms with Gasteiger partial charge < -0.3 is 19.3 Å². The number of rotatable bonds is 16. The number of nitrogens with one attached hydrogen (secondary N) is 1. The molecule has 4 unspecified atom stereocenters. The third-order valence-electron chi connectivity index (χ3n) is 11.4. The maximum absolute atomic E-state index is 13.6. The zero-order chi connectivity index (χ0) is 38.1. The summed E-state index contributed by atoms with van der Waals surface area (Å²) in [7, 11) is 1.61. The molecule has 10 nitrogen and oxygen atoms in total. The molecule has 2 aromatic rings. The minimum absolute atomic E-state index is 0.0778. The first kappa shape index (κ1) is 41.1. The Labute approximate surface area is 322 Å².